The van der Waals surface area contributed by atoms with Crippen LogP contribution in [0.4, 0.5) is 0 Å². The molecule has 1 aromatic rings. The van der Waals surface area contributed by atoms with Crippen LogP contribution in [0.25, 0.3) is 0 Å². The van der Waals surface area contributed by atoms with Crippen molar-refractivity contribution in [2.45, 2.75) is 74.9 Å². The summed E-state index contributed by atoms with van der Waals surface area (Å²) in [7, 11) is 1.67. The van der Waals surface area contributed by atoms with E-state index in [4.69, 9.17) is 28.4 Å². The molecule has 0 radical (unpaired) electrons. The van der Waals surface area contributed by atoms with Crippen molar-refractivity contribution in [3.63, 3.8) is 0 Å². The largest absolute Gasteiger partial charge is 0.497 e. The van der Waals surface area contributed by atoms with Crippen molar-refractivity contribution < 1.29 is 28.4 Å². The topological polar surface area (TPSA) is 55.4 Å². The lowest BCUT2D eigenvalue weighted by molar-refractivity contribution is -0.198. The van der Waals surface area contributed by atoms with Gasteiger partial charge in [0, 0.05) is 5.75 Å². The highest BCUT2D eigenvalue weighted by molar-refractivity contribution is 7.99. The van der Waals surface area contributed by atoms with Crippen molar-refractivity contribution in [1.29, 1.82) is 0 Å². The summed E-state index contributed by atoms with van der Waals surface area (Å²) in [4.78, 5) is 0. The third-order valence-corrected chi connectivity index (χ3v) is 6.22. The van der Waals surface area contributed by atoms with Crippen LogP contribution in [-0.2, 0) is 29.4 Å². The number of thioether (sulfide) groups is 1. The van der Waals surface area contributed by atoms with E-state index in [0.717, 1.165) is 11.5 Å². The Kier molecular flexibility index (Phi) is 5.20. The molecule has 7 heteroatoms. The number of methoxy groups -OCH3 is 1. The summed E-state index contributed by atoms with van der Waals surface area (Å²) in [5, 5.41) is 0. The van der Waals surface area contributed by atoms with Gasteiger partial charge in [0.2, 0.25) is 0 Å². The Labute approximate surface area is 164 Å². The molecule has 3 fully saturated rings. The first-order chi connectivity index (χ1) is 12.8. The van der Waals surface area contributed by atoms with Gasteiger partial charge in [-0.25, -0.2) is 0 Å². The van der Waals surface area contributed by atoms with Gasteiger partial charge in [-0.15, -0.1) is 11.8 Å². The lowest BCUT2D eigenvalue weighted by atomic mass is 10.1. The number of hydrogen-bond donors (Lipinski definition) is 0. The van der Waals surface area contributed by atoms with Crippen molar-refractivity contribution >= 4 is 11.8 Å². The quantitative estimate of drug-likeness (QED) is 0.757. The van der Waals surface area contributed by atoms with Gasteiger partial charge < -0.3 is 28.4 Å². The van der Waals surface area contributed by atoms with Gasteiger partial charge in [0.1, 0.15) is 35.6 Å². The van der Waals surface area contributed by atoms with Crippen molar-refractivity contribution in [3.05, 3.63) is 29.8 Å². The van der Waals surface area contributed by atoms with E-state index in [1.807, 2.05) is 39.8 Å². The Morgan fingerprint density at radius 3 is 2.30 bits per heavy atom. The Balaban J connectivity index is 1.44. The molecule has 3 aliphatic heterocycles. The molecule has 3 saturated heterocycles. The minimum atomic E-state index is -0.620. The lowest BCUT2D eigenvalue weighted by Gasteiger charge is -2.26. The molecule has 6 nitrogen and oxygen atoms in total. The molecule has 0 saturated carbocycles. The maximum absolute atomic E-state index is 6.35. The maximum atomic E-state index is 6.35. The van der Waals surface area contributed by atoms with Gasteiger partial charge in [-0.2, -0.15) is 0 Å². The highest BCUT2D eigenvalue weighted by atomic mass is 32.2. The molecule has 5 atom stereocenters. The van der Waals surface area contributed by atoms with E-state index in [9.17, 15) is 0 Å². The van der Waals surface area contributed by atoms with Gasteiger partial charge in [0.05, 0.1) is 13.7 Å². The Hall–Kier alpha value is -0.830. The molecule has 0 N–H and O–H groups in total. The van der Waals surface area contributed by atoms with Crippen LogP contribution in [0.5, 0.6) is 5.75 Å². The Morgan fingerprint density at radius 1 is 0.963 bits per heavy atom. The summed E-state index contributed by atoms with van der Waals surface area (Å²) in [6.07, 6.45) is -0.639. The van der Waals surface area contributed by atoms with Gasteiger partial charge in [-0.1, -0.05) is 12.1 Å². The minimum Gasteiger partial charge on any atom is -0.497 e. The minimum absolute atomic E-state index is 0.115. The van der Waals surface area contributed by atoms with Gasteiger partial charge in [0.25, 0.3) is 0 Å². The average Bonchev–Trinajstić information content (AvgIpc) is 3.23. The van der Waals surface area contributed by atoms with Crippen LogP contribution in [0.1, 0.15) is 33.3 Å². The second-order valence-corrected chi connectivity index (χ2v) is 9.15. The summed E-state index contributed by atoms with van der Waals surface area (Å²) in [6, 6.07) is 8.09. The van der Waals surface area contributed by atoms with E-state index in [-0.39, 0.29) is 29.9 Å². The third kappa shape index (κ3) is 4.13. The van der Waals surface area contributed by atoms with E-state index in [1.54, 1.807) is 18.9 Å². The number of ether oxygens (including phenoxy) is 6. The van der Waals surface area contributed by atoms with Gasteiger partial charge >= 0.3 is 0 Å². The van der Waals surface area contributed by atoms with Gasteiger partial charge in [0.15, 0.2) is 11.6 Å². The summed E-state index contributed by atoms with van der Waals surface area (Å²) in [6.45, 7) is 8.24. The van der Waals surface area contributed by atoms with Gasteiger partial charge in [-0.05, 0) is 45.4 Å². The molecule has 1 aromatic carbocycles. The first kappa shape index (κ1) is 19.5. The van der Waals surface area contributed by atoms with Crippen LogP contribution in [-0.4, -0.2) is 55.1 Å². The predicted octanol–water partition coefficient (Wildman–Crippen LogP) is 3.32. The van der Waals surface area contributed by atoms with Crippen LogP contribution in [0.3, 0.4) is 0 Å². The van der Waals surface area contributed by atoms with Crippen LogP contribution < -0.4 is 4.74 Å². The lowest BCUT2D eigenvalue weighted by Crippen LogP contribution is -2.40. The van der Waals surface area contributed by atoms with Crippen LogP contribution >= 0.6 is 11.8 Å². The number of hydrogen-bond acceptors (Lipinski definition) is 7. The zero-order valence-electron chi connectivity index (χ0n) is 16.5. The van der Waals surface area contributed by atoms with E-state index in [1.165, 1.54) is 5.56 Å². The van der Waals surface area contributed by atoms with E-state index in [0.29, 0.717) is 6.61 Å². The Morgan fingerprint density at radius 2 is 1.67 bits per heavy atom. The van der Waals surface area contributed by atoms with Crippen molar-refractivity contribution in [3.8, 4) is 5.75 Å². The molecule has 0 amide bonds. The van der Waals surface area contributed by atoms with Crippen molar-refractivity contribution in [2.75, 3.05) is 13.7 Å². The van der Waals surface area contributed by atoms with Crippen LogP contribution in [0, 0.1) is 0 Å². The smallest absolute Gasteiger partial charge is 0.164 e. The molecular weight excluding hydrogens is 368 g/mol. The molecule has 3 heterocycles. The highest BCUT2D eigenvalue weighted by Crippen LogP contribution is 2.45. The fourth-order valence-electron chi connectivity index (χ4n) is 3.80. The second-order valence-electron chi connectivity index (χ2n) is 8.06. The van der Waals surface area contributed by atoms with E-state index >= 15 is 0 Å². The summed E-state index contributed by atoms with van der Waals surface area (Å²) >= 11 is 1.73. The van der Waals surface area contributed by atoms with Gasteiger partial charge in [-0.3, -0.25) is 0 Å². The van der Waals surface area contributed by atoms with E-state index < -0.39 is 11.6 Å². The molecular formula is C20H28O6S. The fraction of sp³-hybridized carbons (Fsp3) is 0.700. The summed E-state index contributed by atoms with van der Waals surface area (Å²) in [5.74, 6) is 0.469. The second kappa shape index (κ2) is 7.21. The maximum Gasteiger partial charge on any atom is 0.164 e. The molecule has 150 valence electrons. The fourth-order valence-corrected chi connectivity index (χ4v) is 4.96. The third-order valence-electron chi connectivity index (χ3n) is 5.02. The standard InChI is InChI=1S/C20H28O6S/c1-19(2)22-10-14(24-19)15-16-17(26-20(3,4)25-16)18(23-15)27-11-12-6-8-13(21-5)9-7-12/h6-9,14-18H,10-11H2,1-5H3/t14-,15-,16+,17+,18-/m1/s1. The zero-order chi connectivity index (χ0) is 19.2. The summed E-state index contributed by atoms with van der Waals surface area (Å²) in [5.41, 5.74) is 1.10. The van der Waals surface area contributed by atoms with Crippen LogP contribution in [0.15, 0.2) is 24.3 Å². The molecule has 0 aliphatic carbocycles. The SMILES string of the molecule is COc1ccc(CS[C@H]2O[C@H]([C@H]3COC(C)(C)O3)[C@@H]3OC(C)(C)O[C@@H]32)cc1. The molecule has 4 rings (SSSR count). The average molecular weight is 397 g/mol. The highest BCUT2D eigenvalue weighted by Gasteiger charge is 2.58. The Bertz CT molecular complexity index is 661. The summed E-state index contributed by atoms with van der Waals surface area (Å²) < 4.78 is 35.7. The zero-order valence-corrected chi connectivity index (χ0v) is 17.3. The normalized spacial score (nSPS) is 36.7. The predicted molar refractivity (Wildman–Crippen MR) is 102 cm³/mol. The first-order valence-corrected chi connectivity index (χ1v) is 10.4. The molecule has 0 spiro atoms. The van der Waals surface area contributed by atoms with Crippen LogP contribution in [0.2, 0.25) is 0 Å². The molecule has 3 aliphatic rings. The monoisotopic (exact) mass is 396 g/mol. The molecule has 27 heavy (non-hydrogen) atoms. The van der Waals surface area contributed by atoms with E-state index in [2.05, 4.69) is 12.1 Å². The number of benzene rings is 1. The van der Waals surface area contributed by atoms with Crippen molar-refractivity contribution in [1.82, 2.24) is 0 Å². The number of rotatable bonds is 5. The molecule has 0 unspecified atom stereocenters. The number of fused-ring (bicyclic) bond motifs is 1. The first-order valence-electron chi connectivity index (χ1n) is 9.34. The molecule has 0 aromatic heterocycles. The van der Waals surface area contributed by atoms with Crippen molar-refractivity contribution in [2.24, 2.45) is 0 Å². The molecule has 0 bridgehead atoms.